The van der Waals surface area contributed by atoms with E-state index in [9.17, 15) is 0 Å². The molecule has 0 spiro atoms. The molecule has 2 aromatic carbocycles. The quantitative estimate of drug-likeness (QED) is 0.322. The first kappa shape index (κ1) is 25.4. The molecular formula is C38H52Si. The lowest BCUT2D eigenvalue weighted by Gasteiger charge is -2.49. The van der Waals surface area contributed by atoms with E-state index in [4.69, 9.17) is 0 Å². The molecule has 2 aromatic rings. The zero-order valence-corrected chi connectivity index (χ0v) is 25.7. The highest BCUT2D eigenvalue weighted by Gasteiger charge is 2.63. The van der Waals surface area contributed by atoms with Crippen LogP contribution in [0.5, 0.6) is 0 Å². The van der Waals surface area contributed by atoms with Crippen LogP contribution in [0.25, 0.3) is 0 Å². The van der Waals surface area contributed by atoms with Gasteiger partial charge in [-0.1, -0.05) is 99.4 Å². The van der Waals surface area contributed by atoms with Crippen molar-refractivity contribution in [3.63, 3.8) is 0 Å². The molecular weight excluding hydrogens is 485 g/mol. The summed E-state index contributed by atoms with van der Waals surface area (Å²) in [5, 5.41) is 0. The molecule has 0 bridgehead atoms. The Labute approximate surface area is 239 Å². The van der Waals surface area contributed by atoms with E-state index >= 15 is 0 Å². The topological polar surface area (TPSA) is 0 Å². The van der Waals surface area contributed by atoms with Gasteiger partial charge in [-0.2, -0.15) is 0 Å². The molecule has 39 heavy (non-hydrogen) atoms. The van der Waals surface area contributed by atoms with Crippen molar-refractivity contribution >= 4 is 8.07 Å². The third-order valence-electron chi connectivity index (χ3n) is 13.8. The maximum atomic E-state index is 2.98. The van der Waals surface area contributed by atoms with E-state index in [-0.39, 0.29) is 0 Å². The molecule has 0 saturated heterocycles. The molecule has 8 rings (SSSR count). The van der Waals surface area contributed by atoms with E-state index in [2.05, 4.69) is 73.8 Å². The summed E-state index contributed by atoms with van der Waals surface area (Å²) in [6.45, 7) is 5.96. The van der Waals surface area contributed by atoms with Gasteiger partial charge in [-0.15, -0.1) is 0 Å². The van der Waals surface area contributed by atoms with E-state index in [1.165, 1.54) is 25.7 Å². The summed E-state index contributed by atoms with van der Waals surface area (Å²) in [5.41, 5.74) is 5.56. The summed E-state index contributed by atoms with van der Waals surface area (Å²) >= 11 is 0. The average Bonchev–Trinajstić information content (AvgIpc) is 3.91. The van der Waals surface area contributed by atoms with Crippen LogP contribution >= 0.6 is 0 Å². The third-order valence-corrected chi connectivity index (χ3v) is 19.0. The Bertz CT molecular complexity index is 1040. The smallest absolute Gasteiger partial charge is 0.0547 e. The molecule has 0 amide bonds. The van der Waals surface area contributed by atoms with E-state index in [1.807, 2.05) is 0 Å². The van der Waals surface area contributed by atoms with Crippen LogP contribution in [-0.4, -0.2) is 8.07 Å². The zero-order valence-electron chi connectivity index (χ0n) is 24.7. The second-order valence-electron chi connectivity index (χ2n) is 15.9. The molecule has 208 valence electrons. The maximum absolute atomic E-state index is 2.98. The summed E-state index contributed by atoms with van der Waals surface area (Å²) in [5.74, 6) is 10.0. The van der Waals surface area contributed by atoms with Gasteiger partial charge in [-0.05, 0) is 133 Å². The van der Waals surface area contributed by atoms with Gasteiger partial charge in [-0.3, -0.25) is 0 Å². The van der Waals surface area contributed by atoms with Gasteiger partial charge in [0.15, 0.2) is 0 Å². The Hall–Kier alpha value is -1.34. The van der Waals surface area contributed by atoms with Gasteiger partial charge in [0.05, 0.1) is 8.07 Å². The van der Waals surface area contributed by atoms with Crippen molar-refractivity contribution in [2.75, 3.05) is 0 Å². The first-order valence-electron chi connectivity index (χ1n) is 17.2. The minimum Gasteiger partial charge on any atom is -0.0689 e. The Morgan fingerprint density at radius 1 is 0.462 bits per heavy atom. The molecule has 1 heteroatoms. The van der Waals surface area contributed by atoms with Crippen molar-refractivity contribution in [1.29, 1.82) is 0 Å². The Morgan fingerprint density at radius 2 is 0.872 bits per heavy atom. The van der Waals surface area contributed by atoms with Crippen LogP contribution in [0.2, 0.25) is 24.2 Å². The standard InChI is InChI=1S/C38H52Si/c1-39(2,37-31-17-9-15-29(25-11-5-3-6-12-25)35(31)23-33(37)27-19-20-27)38-32-18-10-16-30(26-13-7-4-8-14-26)36(32)24-34(38)28-21-22-28/h3-8,11-14,27-38H,9-10,15-24H2,1-2H3. The Morgan fingerprint density at radius 3 is 1.26 bits per heavy atom. The highest BCUT2D eigenvalue weighted by Crippen LogP contribution is 2.71. The Kier molecular flexibility index (Phi) is 6.43. The summed E-state index contributed by atoms with van der Waals surface area (Å²) in [6.07, 6.45) is 18.4. The highest BCUT2D eigenvalue weighted by molar-refractivity contribution is 6.80. The van der Waals surface area contributed by atoms with Crippen LogP contribution in [0, 0.1) is 47.3 Å². The third kappa shape index (κ3) is 4.35. The normalized spacial score (nSPS) is 42.2. The van der Waals surface area contributed by atoms with Crippen molar-refractivity contribution < 1.29 is 0 Å². The lowest BCUT2D eigenvalue weighted by Crippen LogP contribution is -2.48. The fourth-order valence-electron chi connectivity index (χ4n) is 12.4. The minimum atomic E-state index is -1.49. The highest BCUT2D eigenvalue weighted by atomic mass is 28.3. The van der Waals surface area contributed by atoms with Gasteiger partial charge >= 0.3 is 0 Å². The van der Waals surface area contributed by atoms with Crippen molar-refractivity contribution in [3.05, 3.63) is 71.8 Å². The number of rotatable bonds is 6. The predicted octanol–water partition coefficient (Wildman–Crippen LogP) is 10.7. The molecule has 6 aliphatic carbocycles. The molecule has 0 aliphatic heterocycles. The van der Waals surface area contributed by atoms with Crippen molar-refractivity contribution in [2.45, 2.75) is 113 Å². The molecule has 10 unspecified atom stereocenters. The van der Waals surface area contributed by atoms with Gasteiger partial charge in [-0.25, -0.2) is 0 Å². The fourth-order valence-corrected chi connectivity index (χ4v) is 18.9. The van der Waals surface area contributed by atoms with Crippen LogP contribution in [0.1, 0.15) is 100 Å². The molecule has 0 heterocycles. The molecule has 6 fully saturated rings. The van der Waals surface area contributed by atoms with Crippen LogP contribution in [0.15, 0.2) is 60.7 Å². The van der Waals surface area contributed by atoms with Gasteiger partial charge in [0, 0.05) is 0 Å². The van der Waals surface area contributed by atoms with E-state index in [0.29, 0.717) is 0 Å². The van der Waals surface area contributed by atoms with Crippen molar-refractivity contribution in [3.8, 4) is 0 Å². The first-order valence-corrected chi connectivity index (χ1v) is 20.4. The lowest BCUT2D eigenvalue weighted by molar-refractivity contribution is 0.226. The lowest BCUT2D eigenvalue weighted by atomic mass is 9.71. The molecule has 0 N–H and O–H groups in total. The van der Waals surface area contributed by atoms with Crippen LogP contribution in [0.4, 0.5) is 0 Å². The monoisotopic (exact) mass is 536 g/mol. The predicted molar refractivity (Wildman–Crippen MR) is 167 cm³/mol. The van der Waals surface area contributed by atoms with Crippen LogP contribution < -0.4 is 0 Å². The second kappa shape index (κ2) is 9.89. The largest absolute Gasteiger partial charge is 0.0689 e. The number of fused-ring (bicyclic) bond motifs is 2. The molecule has 0 aromatic heterocycles. The fraction of sp³-hybridized carbons (Fsp3) is 0.684. The molecule has 10 atom stereocenters. The first-order chi connectivity index (χ1) is 19.1. The van der Waals surface area contributed by atoms with Crippen LogP contribution in [-0.2, 0) is 0 Å². The van der Waals surface area contributed by atoms with E-state index in [0.717, 1.165) is 70.3 Å². The van der Waals surface area contributed by atoms with E-state index in [1.54, 1.807) is 62.5 Å². The molecule has 6 aliphatic rings. The SMILES string of the molecule is C[Si](C)(C1C(C2CC2)CC2C(c3ccccc3)CCCC21)C1C(C2CC2)CC2C(c3ccccc3)CCCC21. The summed E-state index contributed by atoms with van der Waals surface area (Å²) in [7, 11) is -1.49. The summed E-state index contributed by atoms with van der Waals surface area (Å²) < 4.78 is 0. The number of hydrogen-bond donors (Lipinski definition) is 0. The number of benzene rings is 2. The second-order valence-corrected chi connectivity index (χ2v) is 20.9. The van der Waals surface area contributed by atoms with Gasteiger partial charge in [0.2, 0.25) is 0 Å². The van der Waals surface area contributed by atoms with Crippen LogP contribution in [0.3, 0.4) is 0 Å². The summed E-state index contributed by atoms with van der Waals surface area (Å²) in [6, 6.07) is 23.6. The van der Waals surface area contributed by atoms with Crippen molar-refractivity contribution in [1.82, 2.24) is 0 Å². The maximum Gasteiger partial charge on any atom is 0.0547 e. The van der Waals surface area contributed by atoms with Gasteiger partial charge < -0.3 is 0 Å². The Balaban J connectivity index is 1.14. The molecule has 6 saturated carbocycles. The summed E-state index contributed by atoms with van der Waals surface area (Å²) in [4.78, 5) is 0. The van der Waals surface area contributed by atoms with Gasteiger partial charge in [0.25, 0.3) is 0 Å². The van der Waals surface area contributed by atoms with Gasteiger partial charge in [0.1, 0.15) is 0 Å². The van der Waals surface area contributed by atoms with E-state index < -0.39 is 8.07 Å². The molecule has 0 nitrogen and oxygen atoms in total. The molecule has 0 radical (unpaired) electrons. The van der Waals surface area contributed by atoms with Crippen molar-refractivity contribution in [2.24, 2.45) is 47.3 Å². The number of hydrogen-bond acceptors (Lipinski definition) is 0. The minimum absolute atomic E-state index is 0.841. The zero-order chi connectivity index (χ0) is 26.1. The average molecular weight is 537 g/mol.